The van der Waals surface area contributed by atoms with Crippen LogP contribution >= 0.6 is 27.3 Å². The summed E-state index contributed by atoms with van der Waals surface area (Å²) in [5.41, 5.74) is 1.35. The number of fused-ring (bicyclic) bond motifs is 1. The van der Waals surface area contributed by atoms with Crippen molar-refractivity contribution in [3.63, 3.8) is 0 Å². The van der Waals surface area contributed by atoms with Crippen LogP contribution in [0.2, 0.25) is 0 Å². The van der Waals surface area contributed by atoms with E-state index in [2.05, 4.69) is 54.4 Å². The number of aryl methyl sites for hydroxylation is 2. The van der Waals surface area contributed by atoms with Crippen molar-refractivity contribution >= 4 is 27.3 Å². The molecule has 2 aromatic heterocycles. The molecule has 4 nitrogen and oxygen atoms in total. The van der Waals surface area contributed by atoms with Gasteiger partial charge in [-0.2, -0.15) is 0 Å². The maximum Gasteiger partial charge on any atom is 0.133 e. The van der Waals surface area contributed by atoms with Crippen LogP contribution in [0.25, 0.3) is 0 Å². The standard InChI is InChI=1S/C13H17BrN4S/c1-2-12-16-17-13-4-3-10(7-18(12)13)15-6-9-5-11(14)19-8-9/h5,8,10,15H,2-4,6-7H2,1H3. The van der Waals surface area contributed by atoms with Crippen LogP contribution in [0.4, 0.5) is 0 Å². The van der Waals surface area contributed by atoms with Crippen LogP contribution in [0.3, 0.4) is 0 Å². The highest BCUT2D eigenvalue weighted by molar-refractivity contribution is 9.11. The van der Waals surface area contributed by atoms with Gasteiger partial charge in [-0.25, -0.2) is 0 Å². The first-order chi connectivity index (χ1) is 9.26. The number of thiophene rings is 1. The Morgan fingerprint density at radius 3 is 3.16 bits per heavy atom. The van der Waals surface area contributed by atoms with Crippen molar-refractivity contribution in [2.75, 3.05) is 0 Å². The fourth-order valence-corrected chi connectivity index (χ4v) is 3.72. The first-order valence-electron chi connectivity index (χ1n) is 6.63. The summed E-state index contributed by atoms with van der Waals surface area (Å²) >= 11 is 5.24. The molecule has 3 rings (SSSR count). The van der Waals surface area contributed by atoms with Gasteiger partial charge in [-0.15, -0.1) is 21.5 Å². The largest absolute Gasteiger partial charge is 0.313 e. The number of nitrogens with one attached hydrogen (secondary N) is 1. The zero-order valence-corrected chi connectivity index (χ0v) is 13.3. The second kappa shape index (κ2) is 5.73. The molecule has 1 aliphatic rings. The average molecular weight is 341 g/mol. The van der Waals surface area contributed by atoms with Gasteiger partial charge in [0.05, 0.1) is 3.79 Å². The molecule has 0 radical (unpaired) electrons. The Morgan fingerprint density at radius 2 is 2.42 bits per heavy atom. The zero-order chi connectivity index (χ0) is 13.2. The number of hydrogen-bond donors (Lipinski definition) is 1. The summed E-state index contributed by atoms with van der Waals surface area (Å²) < 4.78 is 3.48. The molecule has 2 aromatic rings. The molecule has 1 aliphatic heterocycles. The van der Waals surface area contributed by atoms with E-state index in [1.807, 2.05) is 0 Å². The second-order valence-corrected chi connectivity index (χ2v) is 7.16. The highest BCUT2D eigenvalue weighted by atomic mass is 79.9. The van der Waals surface area contributed by atoms with Crippen LogP contribution in [-0.4, -0.2) is 20.8 Å². The molecule has 1 atom stereocenters. The van der Waals surface area contributed by atoms with Gasteiger partial charge in [0.25, 0.3) is 0 Å². The SMILES string of the molecule is CCc1nnc2n1CC(NCc1csc(Br)c1)CC2. The Balaban J connectivity index is 1.62. The van der Waals surface area contributed by atoms with E-state index in [9.17, 15) is 0 Å². The van der Waals surface area contributed by atoms with Crippen molar-refractivity contribution in [2.45, 2.75) is 45.3 Å². The molecule has 0 saturated heterocycles. The fraction of sp³-hybridized carbons (Fsp3) is 0.538. The van der Waals surface area contributed by atoms with E-state index in [-0.39, 0.29) is 0 Å². The molecule has 0 saturated carbocycles. The lowest BCUT2D eigenvalue weighted by Crippen LogP contribution is -2.37. The summed E-state index contributed by atoms with van der Waals surface area (Å²) in [6.07, 6.45) is 3.13. The molecule has 0 spiro atoms. The van der Waals surface area contributed by atoms with Gasteiger partial charge < -0.3 is 9.88 Å². The molecule has 0 aliphatic carbocycles. The molecule has 0 bridgehead atoms. The van der Waals surface area contributed by atoms with E-state index in [1.54, 1.807) is 11.3 Å². The Morgan fingerprint density at radius 1 is 1.53 bits per heavy atom. The normalized spacial score (nSPS) is 18.5. The van der Waals surface area contributed by atoms with Crippen LogP contribution in [0.15, 0.2) is 15.2 Å². The molecule has 6 heteroatoms. The van der Waals surface area contributed by atoms with Crippen molar-refractivity contribution in [2.24, 2.45) is 0 Å². The Labute approximate surface area is 125 Å². The first-order valence-corrected chi connectivity index (χ1v) is 8.30. The summed E-state index contributed by atoms with van der Waals surface area (Å²) in [6.45, 7) is 4.07. The zero-order valence-electron chi connectivity index (χ0n) is 10.9. The molecule has 3 heterocycles. The minimum atomic E-state index is 0.521. The third kappa shape index (κ3) is 2.90. The van der Waals surface area contributed by atoms with Crippen LogP contribution in [-0.2, 0) is 25.9 Å². The number of aromatic nitrogens is 3. The molecule has 0 amide bonds. The van der Waals surface area contributed by atoms with Crippen molar-refractivity contribution in [3.05, 3.63) is 32.4 Å². The first kappa shape index (κ1) is 13.3. The summed E-state index contributed by atoms with van der Waals surface area (Å²) in [4.78, 5) is 0. The summed E-state index contributed by atoms with van der Waals surface area (Å²) in [5, 5.41) is 14.4. The molecule has 0 fully saturated rings. The lowest BCUT2D eigenvalue weighted by atomic mass is 10.1. The van der Waals surface area contributed by atoms with Gasteiger partial charge in [0, 0.05) is 32.0 Å². The quantitative estimate of drug-likeness (QED) is 0.930. The van der Waals surface area contributed by atoms with Crippen molar-refractivity contribution in [3.8, 4) is 0 Å². The van der Waals surface area contributed by atoms with Gasteiger partial charge in [-0.1, -0.05) is 6.92 Å². The Kier molecular flexibility index (Phi) is 4.00. The third-order valence-corrected chi connectivity index (χ3v) is 5.11. The molecule has 1 N–H and O–H groups in total. The van der Waals surface area contributed by atoms with E-state index < -0.39 is 0 Å². The van der Waals surface area contributed by atoms with Crippen molar-refractivity contribution in [1.29, 1.82) is 0 Å². The lowest BCUT2D eigenvalue weighted by Gasteiger charge is -2.25. The minimum absolute atomic E-state index is 0.521. The minimum Gasteiger partial charge on any atom is -0.313 e. The van der Waals surface area contributed by atoms with Crippen LogP contribution in [0.1, 0.15) is 30.6 Å². The van der Waals surface area contributed by atoms with E-state index in [4.69, 9.17) is 0 Å². The van der Waals surface area contributed by atoms with Gasteiger partial charge >= 0.3 is 0 Å². The predicted octanol–water partition coefficient (Wildman–Crippen LogP) is 2.77. The van der Waals surface area contributed by atoms with Crippen LogP contribution in [0.5, 0.6) is 0 Å². The third-order valence-electron chi connectivity index (χ3n) is 3.56. The van der Waals surface area contributed by atoms with E-state index in [0.29, 0.717) is 6.04 Å². The van der Waals surface area contributed by atoms with Crippen molar-refractivity contribution < 1.29 is 0 Å². The summed E-state index contributed by atoms with van der Waals surface area (Å²) in [7, 11) is 0. The number of halogens is 1. The van der Waals surface area contributed by atoms with Crippen LogP contribution < -0.4 is 5.32 Å². The monoisotopic (exact) mass is 340 g/mol. The highest BCUT2D eigenvalue weighted by Gasteiger charge is 2.21. The molecule has 1 unspecified atom stereocenters. The molecule has 0 aromatic carbocycles. The maximum absolute atomic E-state index is 4.26. The van der Waals surface area contributed by atoms with E-state index in [0.717, 1.165) is 44.0 Å². The second-order valence-electron chi connectivity index (χ2n) is 4.87. The fourth-order valence-electron chi connectivity index (χ4n) is 2.51. The van der Waals surface area contributed by atoms with Crippen LogP contribution in [0, 0.1) is 0 Å². The maximum atomic E-state index is 4.26. The summed E-state index contributed by atoms with van der Waals surface area (Å²) in [6, 6.07) is 2.70. The Bertz CT molecular complexity index is 549. The smallest absolute Gasteiger partial charge is 0.133 e. The number of rotatable bonds is 4. The topological polar surface area (TPSA) is 42.7 Å². The molecular formula is C13H17BrN4S. The van der Waals surface area contributed by atoms with Gasteiger partial charge in [0.1, 0.15) is 11.6 Å². The van der Waals surface area contributed by atoms with Gasteiger partial charge in [0.2, 0.25) is 0 Å². The average Bonchev–Trinajstić information content (AvgIpc) is 3.01. The Hall–Kier alpha value is -0.720. The van der Waals surface area contributed by atoms with Gasteiger partial charge in [-0.05, 0) is 39.4 Å². The number of hydrogen-bond acceptors (Lipinski definition) is 4. The van der Waals surface area contributed by atoms with Crippen molar-refractivity contribution in [1.82, 2.24) is 20.1 Å². The molecule has 102 valence electrons. The molecule has 19 heavy (non-hydrogen) atoms. The van der Waals surface area contributed by atoms with Gasteiger partial charge in [0.15, 0.2) is 0 Å². The highest BCUT2D eigenvalue weighted by Crippen LogP contribution is 2.21. The number of nitrogens with zero attached hydrogens (tertiary/aromatic N) is 3. The lowest BCUT2D eigenvalue weighted by molar-refractivity contribution is 0.373. The summed E-state index contributed by atoms with van der Waals surface area (Å²) in [5.74, 6) is 2.26. The molecular weight excluding hydrogens is 324 g/mol. The van der Waals surface area contributed by atoms with Gasteiger partial charge in [-0.3, -0.25) is 0 Å². The van der Waals surface area contributed by atoms with E-state index >= 15 is 0 Å². The predicted molar refractivity (Wildman–Crippen MR) is 80.4 cm³/mol. The van der Waals surface area contributed by atoms with E-state index in [1.165, 1.54) is 9.35 Å².